The van der Waals surface area contributed by atoms with Crippen LogP contribution in [0.15, 0.2) is 35.7 Å². The number of aryl methyl sites for hydroxylation is 1. The molecule has 0 fully saturated rings. The summed E-state index contributed by atoms with van der Waals surface area (Å²) in [6, 6.07) is 11.3. The van der Waals surface area contributed by atoms with Crippen molar-refractivity contribution in [2.75, 3.05) is 11.9 Å². The topological polar surface area (TPSA) is 44.1 Å². The number of anilines is 1. The Morgan fingerprint density at radius 1 is 1.33 bits per heavy atom. The zero-order chi connectivity index (χ0) is 14.8. The van der Waals surface area contributed by atoms with Crippen molar-refractivity contribution >= 4 is 22.9 Å². The van der Waals surface area contributed by atoms with E-state index in [1.807, 2.05) is 19.2 Å². The van der Waals surface area contributed by atoms with Gasteiger partial charge in [-0.25, -0.2) is 0 Å². The molecule has 0 N–H and O–H groups in total. The average molecular weight is 296 g/mol. The van der Waals surface area contributed by atoms with Crippen molar-refractivity contribution in [1.82, 2.24) is 0 Å². The molecule has 21 heavy (non-hydrogen) atoms. The molecule has 3 rings (SSSR count). The van der Waals surface area contributed by atoms with Crippen molar-refractivity contribution in [3.63, 3.8) is 0 Å². The monoisotopic (exact) mass is 296 g/mol. The third-order valence-corrected chi connectivity index (χ3v) is 5.06. The van der Waals surface area contributed by atoms with Crippen LogP contribution in [-0.2, 0) is 11.2 Å². The Balaban J connectivity index is 1.84. The number of carbonyl (C=O) groups excluding carboxylic acids is 1. The number of likely N-dealkylation sites (N-methyl/N-ethyl adjacent to an activating group) is 1. The summed E-state index contributed by atoms with van der Waals surface area (Å²) in [6.07, 6.45) is 3.09. The summed E-state index contributed by atoms with van der Waals surface area (Å²) in [5, 5.41) is 10.9. The Labute approximate surface area is 128 Å². The van der Waals surface area contributed by atoms with Crippen LogP contribution in [-0.4, -0.2) is 13.0 Å². The maximum atomic E-state index is 12.8. The molecular weight excluding hydrogens is 280 g/mol. The number of rotatable bonds is 2. The van der Waals surface area contributed by atoms with Crippen molar-refractivity contribution in [2.45, 2.75) is 25.2 Å². The highest BCUT2D eigenvalue weighted by Gasteiger charge is 2.29. The van der Waals surface area contributed by atoms with E-state index in [0.29, 0.717) is 5.56 Å². The number of nitriles is 1. The molecule has 106 valence electrons. The molecular formula is C17H16N2OS. The SMILES string of the molecule is CN(C(=O)C1CCCc2sccc21)c1ccc(C#N)cc1. The molecule has 1 heterocycles. The third kappa shape index (κ3) is 2.57. The molecule has 0 aliphatic heterocycles. The second kappa shape index (κ2) is 5.71. The summed E-state index contributed by atoms with van der Waals surface area (Å²) in [5.74, 6) is 0.111. The fourth-order valence-electron chi connectivity index (χ4n) is 2.86. The van der Waals surface area contributed by atoms with Crippen LogP contribution in [0.5, 0.6) is 0 Å². The van der Waals surface area contributed by atoms with Gasteiger partial charge in [0.05, 0.1) is 17.6 Å². The molecule has 0 saturated carbocycles. The lowest BCUT2D eigenvalue weighted by Gasteiger charge is -2.27. The summed E-state index contributed by atoms with van der Waals surface area (Å²) in [7, 11) is 1.81. The maximum absolute atomic E-state index is 12.8. The average Bonchev–Trinajstić information content (AvgIpc) is 3.02. The molecule has 1 amide bonds. The Hall–Kier alpha value is -2.12. The highest BCUT2D eigenvalue weighted by molar-refractivity contribution is 7.10. The molecule has 0 saturated heterocycles. The zero-order valence-electron chi connectivity index (χ0n) is 11.9. The Morgan fingerprint density at radius 3 is 2.81 bits per heavy atom. The van der Waals surface area contributed by atoms with Gasteiger partial charge in [-0.15, -0.1) is 11.3 Å². The third-order valence-electron chi connectivity index (χ3n) is 4.06. The molecule has 3 nitrogen and oxygen atoms in total. The lowest BCUT2D eigenvalue weighted by molar-refractivity contribution is -0.120. The first kappa shape index (κ1) is 13.8. The van der Waals surface area contributed by atoms with Gasteiger partial charge in [0.25, 0.3) is 0 Å². The van der Waals surface area contributed by atoms with Gasteiger partial charge < -0.3 is 4.90 Å². The Bertz CT molecular complexity index is 696. The molecule has 2 aromatic rings. The predicted octanol–water partition coefficient (Wildman–Crippen LogP) is 3.70. The van der Waals surface area contributed by atoms with Crippen LogP contribution in [0.3, 0.4) is 0 Å². The number of hydrogen-bond donors (Lipinski definition) is 0. The van der Waals surface area contributed by atoms with Gasteiger partial charge in [-0.05, 0) is 60.5 Å². The van der Waals surface area contributed by atoms with Gasteiger partial charge in [-0.2, -0.15) is 5.26 Å². The van der Waals surface area contributed by atoms with Crippen LogP contribution < -0.4 is 4.90 Å². The van der Waals surface area contributed by atoms with Gasteiger partial charge >= 0.3 is 0 Å². The number of amides is 1. The first-order chi connectivity index (χ1) is 10.2. The highest BCUT2D eigenvalue weighted by Crippen LogP contribution is 2.36. The maximum Gasteiger partial charge on any atom is 0.234 e. The highest BCUT2D eigenvalue weighted by atomic mass is 32.1. The van der Waals surface area contributed by atoms with E-state index in [2.05, 4.69) is 17.5 Å². The molecule has 0 radical (unpaired) electrons. The number of benzene rings is 1. The number of carbonyl (C=O) groups is 1. The molecule has 1 aliphatic carbocycles. The van der Waals surface area contributed by atoms with Crippen molar-refractivity contribution < 1.29 is 4.79 Å². The largest absolute Gasteiger partial charge is 0.315 e. The lowest BCUT2D eigenvalue weighted by atomic mass is 9.86. The van der Waals surface area contributed by atoms with Gasteiger partial charge in [0.2, 0.25) is 5.91 Å². The Kier molecular flexibility index (Phi) is 3.76. The molecule has 1 unspecified atom stereocenters. The summed E-state index contributed by atoms with van der Waals surface area (Å²) >= 11 is 1.75. The van der Waals surface area contributed by atoms with Gasteiger partial charge in [-0.3, -0.25) is 4.79 Å². The van der Waals surface area contributed by atoms with E-state index >= 15 is 0 Å². The van der Waals surface area contributed by atoms with E-state index in [1.165, 1.54) is 10.4 Å². The van der Waals surface area contributed by atoms with Crippen LogP contribution in [0, 0.1) is 11.3 Å². The molecule has 1 aromatic carbocycles. The quantitative estimate of drug-likeness (QED) is 0.848. The van der Waals surface area contributed by atoms with Gasteiger partial charge in [0, 0.05) is 17.6 Å². The minimum absolute atomic E-state index is 0.0272. The smallest absolute Gasteiger partial charge is 0.234 e. The molecule has 1 aromatic heterocycles. The van der Waals surface area contributed by atoms with Crippen LogP contribution in [0.4, 0.5) is 5.69 Å². The minimum atomic E-state index is -0.0272. The van der Waals surface area contributed by atoms with Crippen molar-refractivity contribution in [2.24, 2.45) is 0 Å². The number of nitrogens with zero attached hydrogens (tertiary/aromatic N) is 2. The summed E-state index contributed by atoms with van der Waals surface area (Å²) in [6.45, 7) is 0. The van der Waals surface area contributed by atoms with E-state index in [4.69, 9.17) is 5.26 Å². The molecule has 1 atom stereocenters. The zero-order valence-corrected chi connectivity index (χ0v) is 12.7. The fourth-order valence-corrected chi connectivity index (χ4v) is 3.85. The summed E-state index contributed by atoms with van der Waals surface area (Å²) in [5.41, 5.74) is 2.65. The van der Waals surface area contributed by atoms with Crippen LogP contribution >= 0.6 is 11.3 Å². The minimum Gasteiger partial charge on any atom is -0.315 e. The first-order valence-electron chi connectivity index (χ1n) is 7.04. The van der Waals surface area contributed by atoms with E-state index in [9.17, 15) is 4.79 Å². The van der Waals surface area contributed by atoms with Gasteiger partial charge in [0.15, 0.2) is 0 Å². The van der Waals surface area contributed by atoms with Crippen LogP contribution in [0.25, 0.3) is 0 Å². The van der Waals surface area contributed by atoms with Crippen molar-refractivity contribution in [3.8, 4) is 6.07 Å². The summed E-state index contributed by atoms with van der Waals surface area (Å²) in [4.78, 5) is 15.8. The van der Waals surface area contributed by atoms with E-state index in [0.717, 1.165) is 24.9 Å². The number of hydrogen-bond acceptors (Lipinski definition) is 3. The molecule has 0 bridgehead atoms. The van der Waals surface area contributed by atoms with Gasteiger partial charge in [-0.1, -0.05) is 0 Å². The first-order valence-corrected chi connectivity index (χ1v) is 7.92. The standard InChI is InChI=1S/C17H16N2OS/c1-19(13-7-5-12(11-18)6-8-13)17(20)15-3-2-4-16-14(15)9-10-21-16/h5-10,15H,2-4H2,1H3. The normalized spacial score (nSPS) is 16.9. The number of fused-ring (bicyclic) bond motifs is 1. The summed E-state index contributed by atoms with van der Waals surface area (Å²) < 4.78 is 0. The van der Waals surface area contributed by atoms with E-state index in [1.54, 1.807) is 28.4 Å². The Morgan fingerprint density at radius 2 is 2.10 bits per heavy atom. The van der Waals surface area contributed by atoms with E-state index < -0.39 is 0 Å². The van der Waals surface area contributed by atoms with Crippen LogP contribution in [0.2, 0.25) is 0 Å². The lowest BCUT2D eigenvalue weighted by Crippen LogP contribution is -2.33. The van der Waals surface area contributed by atoms with E-state index in [-0.39, 0.29) is 11.8 Å². The second-order valence-electron chi connectivity index (χ2n) is 5.30. The van der Waals surface area contributed by atoms with Gasteiger partial charge in [0.1, 0.15) is 0 Å². The second-order valence-corrected chi connectivity index (χ2v) is 6.30. The predicted molar refractivity (Wildman–Crippen MR) is 84.6 cm³/mol. The van der Waals surface area contributed by atoms with Crippen LogP contribution in [0.1, 0.15) is 34.8 Å². The molecule has 0 spiro atoms. The number of thiophene rings is 1. The molecule has 1 aliphatic rings. The van der Waals surface area contributed by atoms with Crippen molar-refractivity contribution in [1.29, 1.82) is 5.26 Å². The molecule has 4 heteroatoms. The fraction of sp³-hybridized carbons (Fsp3) is 0.294. The van der Waals surface area contributed by atoms with Crippen molar-refractivity contribution in [3.05, 3.63) is 51.7 Å².